The summed E-state index contributed by atoms with van der Waals surface area (Å²) in [6, 6.07) is 3.35. The topological polar surface area (TPSA) is 30.9 Å². The quantitative estimate of drug-likeness (QED) is 0.796. The summed E-state index contributed by atoms with van der Waals surface area (Å²) in [5.74, 6) is -3.00. The van der Waals surface area contributed by atoms with Crippen molar-refractivity contribution in [3.63, 3.8) is 0 Å². The van der Waals surface area contributed by atoms with Crippen LogP contribution >= 0.6 is 0 Å². The molecular weight excluding hydrogens is 265 g/mol. The van der Waals surface area contributed by atoms with Gasteiger partial charge in [0.05, 0.1) is 5.69 Å². The van der Waals surface area contributed by atoms with E-state index >= 15 is 0 Å². The van der Waals surface area contributed by atoms with E-state index in [-0.39, 0.29) is 11.7 Å². The van der Waals surface area contributed by atoms with Gasteiger partial charge in [0.15, 0.2) is 11.6 Å². The summed E-state index contributed by atoms with van der Waals surface area (Å²) < 4.78 is 42.4. The van der Waals surface area contributed by atoms with E-state index in [2.05, 4.69) is 0 Å². The minimum atomic E-state index is -1.18. The van der Waals surface area contributed by atoms with Crippen LogP contribution < -0.4 is 5.73 Å². The highest BCUT2D eigenvalue weighted by Crippen LogP contribution is 2.33. The predicted molar refractivity (Wildman–Crippen MR) is 70.2 cm³/mol. The summed E-state index contributed by atoms with van der Waals surface area (Å²) in [6.45, 7) is 1.79. The molecule has 0 saturated heterocycles. The number of aromatic nitrogens is 1. The Bertz CT molecular complexity index is 676. The van der Waals surface area contributed by atoms with Gasteiger partial charge in [-0.2, -0.15) is 0 Å². The molecule has 0 amide bonds. The Morgan fingerprint density at radius 2 is 1.95 bits per heavy atom. The molecule has 3 rings (SSSR count). The number of hydrogen-bond donors (Lipinski definition) is 1. The van der Waals surface area contributed by atoms with Crippen LogP contribution in [0.1, 0.15) is 35.8 Å². The molecule has 2 nitrogen and oxygen atoms in total. The molecule has 2 N–H and O–H groups in total. The third-order valence-corrected chi connectivity index (χ3v) is 3.86. The molecule has 1 atom stereocenters. The van der Waals surface area contributed by atoms with Gasteiger partial charge in [-0.1, -0.05) is 0 Å². The van der Waals surface area contributed by atoms with E-state index in [1.807, 2.05) is 6.07 Å². The van der Waals surface area contributed by atoms with Gasteiger partial charge in [0.25, 0.3) is 0 Å². The summed E-state index contributed by atoms with van der Waals surface area (Å²) in [5, 5.41) is 0. The van der Waals surface area contributed by atoms with Gasteiger partial charge < -0.3 is 10.3 Å². The Morgan fingerprint density at radius 1 is 1.20 bits per heavy atom. The van der Waals surface area contributed by atoms with E-state index < -0.39 is 17.5 Å². The molecule has 0 saturated carbocycles. The van der Waals surface area contributed by atoms with E-state index in [4.69, 9.17) is 5.73 Å². The Balaban J connectivity index is 2.26. The van der Waals surface area contributed by atoms with Crippen LogP contribution in [0.5, 0.6) is 0 Å². The highest BCUT2D eigenvalue weighted by molar-refractivity contribution is 5.44. The second-order valence-corrected chi connectivity index (χ2v) is 5.24. The lowest BCUT2D eigenvalue weighted by Gasteiger charge is -2.21. The number of aryl methyl sites for hydroxylation is 1. The van der Waals surface area contributed by atoms with Crippen molar-refractivity contribution < 1.29 is 13.2 Å². The number of hydrogen-bond acceptors (Lipinski definition) is 1. The van der Waals surface area contributed by atoms with Gasteiger partial charge in [-0.05, 0) is 37.8 Å². The van der Waals surface area contributed by atoms with Crippen LogP contribution in [-0.4, -0.2) is 4.57 Å². The van der Waals surface area contributed by atoms with Crippen LogP contribution in [0.3, 0.4) is 0 Å². The van der Waals surface area contributed by atoms with Crippen molar-refractivity contribution in [1.29, 1.82) is 0 Å². The van der Waals surface area contributed by atoms with Gasteiger partial charge in [0.2, 0.25) is 0 Å². The molecule has 0 bridgehead atoms. The molecule has 1 unspecified atom stereocenters. The lowest BCUT2D eigenvalue weighted by atomic mass is 9.93. The van der Waals surface area contributed by atoms with Crippen molar-refractivity contribution in [1.82, 2.24) is 4.57 Å². The molecule has 20 heavy (non-hydrogen) atoms. The SMILES string of the molecule is Cc1cc2c(n1-c1cc(F)cc(F)c1F)CCCC2N. The summed E-state index contributed by atoms with van der Waals surface area (Å²) in [6.07, 6.45) is 2.49. The Kier molecular flexibility index (Phi) is 3.09. The standard InChI is InChI=1S/C15H15F3N2/c1-8-5-10-12(19)3-2-4-13(10)20(8)14-7-9(16)6-11(17)15(14)18/h5-7,12H,2-4,19H2,1H3. The fourth-order valence-corrected chi connectivity index (χ4v) is 2.98. The monoisotopic (exact) mass is 280 g/mol. The molecule has 1 aromatic heterocycles. The number of nitrogens with two attached hydrogens (primary N) is 1. The minimum Gasteiger partial charge on any atom is -0.324 e. The van der Waals surface area contributed by atoms with Gasteiger partial charge in [-0.25, -0.2) is 13.2 Å². The Labute approximate surface area is 115 Å². The van der Waals surface area contributed by atoms with Crippen molar-refractivity contribution in [2.75, 3.05) is 0 Å². The normalized spacial score (nSPS) is 18.1. The van der Waals surface area contributed by atoms with E-state index in [1.165, 1.54) is 0 Å². The summed E-state index contributed by atoms with van der Waals surface area (Å²) in [7, 11) is 0. The first-order chi connectivity index (χ1) is 9.49. The molecule has 1 aliphatic rings. The number of benzene rings is 1. The van der Waals surface area contributed by atoms with Crippen LogP contribution in [0.15, 0.2) is 18.2 Å². The third kappa shape index (κ3) is 1.93. The molecule has 106 valence electrons. The van der Waals surface area contributed by atoms with Crippen molar-refractivity contribution >= 4 is 0 Å². The van der Waals surface area contributed by atoms with Crippen LogP contribution in [0, 0.1) is 24.4 Å². The lowest BCUT2D eigenvalue weighted by Crippen LogP contribution is -2.18. The molecule has 0 aliphatic heterocycles. The first-order valence-electron chi connectivity index (χ1n) is 6.60. The molecular formula is C15H15F3N2. The van der Waals surface area contributed by atoms with Crippen LogP contribution in [0.2, 0.25) is 0 Å². The first-order valence-corrected chi connectivity index (χ1v) is 6.60. The Hall–Kier alpha value is -1.75. The second kappa shape index (κ2) is 4.66. The zero-order valence-electron chi connectivity index (χ0n) is 11.1. The predicted octanol–water partition coefficient (Wildman–Crippen LogP) is 3.54. The second-order valence-electron chi connectivity index (χ2n) is 5.24. The highest BCUT2D eigenvalue weighted by atomic mass is 19.2. The van der Waals surface area contributed by atoms with Gasteiger partial charge in [0.1, 0.15) is 5.82 Å². The number of nitrogens with zero attached hydrogens (tertiary/aromatic N) is 1. The molecule has 2 aromatic rings. The maximum atomic E-state index is 14.0. The fourth-order valence-electron chi connectivity index (χ4n) is 2.98. The van der Waals surface area contributed by atoms with Crippen molar-refractivity contribution in [3.8, 4) is 5.69 Å². The maximum absolute atomic E-state index is 14.0. The molecule has 0 fully saturated rings. The third-order valence-electron chi connectivity index (χ3n) is 3.86. The average molecular weight is 280 g/mol. The highest BCUT2D eigenvalue weighted by Gasteiger charge is 2.25. The number of rotatable bonds is 1. The Morgan fingerprint density at radius 3 is 2.70 bits per heavy atom. The molecule has 0 radical (unpaired) electrons. The summed E-state index contributed by atoms with van der Waals surface area (Å²) in [4.78, 5) is 0. The number of fused-ring (bicyclic) bond motifs is 1. The van der Waals surface area contributed by atoms with E-state index in [0.717, 1.165) is 42.3 Å². The zero-order valence-corrected chi connectivity index (χ0v) is 11.1. The molecule has 0 spiro atoms. The first kappa shape index (κ1) is 13.2. The zero-order chi connectivity index (χ0) is 14.4. The minimum absolute atomic E-state index is 0.0876. The van der Waals surface area contributed by atoms with Gasteiger partial charge in [-0.15, -0.1) is 0 Å². The molecule has 1 aromatic carbocycles. The molecule has 1 aliphatic carbocycles. The van der Waals surface area contributed by atoms with Gasteiger partial charge >= 0.3 is 0 Å². The lowest BCUT2D eigenvalue weighted by molar-refractivity contribution is 0.487. The van der Waals surface area contributed by atoms with Gasteiger partial charge in [-0.3, -0.25) is 0 Å². The van der Waals surface area contributed by atoms with Gasteiger partial charge in [0, 0.05) is 29.6 Å². The van der Waals surface area contributed by atoms with E-state index in [9.17, 15) is 13.2 Å². The average Bonchev–Trinajstić information content (AvgIpc) is 2.72. The van der Waals surface area contributed by atoms with Crippen LogP contribution in [0.25, 0.3) is 5.69 Å². The van der Waals surface area contributed by atoms with Crippen molar-refractivity contribution in [3.05, 3.63) is 52.6 Å². The maximum Gasteiger partial charge on any atom is 0.182 e. The molecule has 5 heteroatoms. The fraction of sp³-hybridized carbons (Fsp3) is 0.333. The van der Waals surface area contributed by atoms with Crippen molar-refractivity contribution in [2.24, 2.45) is 5.73 Å². The van der Waals surface area contributed by atoms with Crippen molar-refractivity contribution in [2.45, 2.75) is 32.2 Å². The van der Waals surface area contributed by atoms with Crippen LogP contribution in [0.4, 0.5) is 13.2 Å². The summed E-state index contributed by atoms with van der Waals surface area (Å²) in [5.41, 5.74) is 8.49. The van der Waals surface area contributed by atoms with E-state index in [1.54, 1.807) is 11.5 Å². The smallest absolute Gasteiger partial charge is 0.182 e. The van der Waals surface area contributed by atoms with Crippen LogP contribution in [-0.2, 0) is 6.42 Å². The summed E-state index contributed by atoms with van der Waals surface area (Å²) >= 11 is 0. The largest absolute Gasteiger partial charge is 0.324 e. The number of halogens is 3. The molecule has 1 heterocycles. The van der Waals surface area contributed by atoms with E-state index in [0.29, 0.717) is 6.07 Å².